The molecule has 2 fully saturated rings. The molecule has 4 aromatic rings. The summed E-state index contributed by atoms with van der Waals surface area (Å²) in [5.74, 6) is 0. The number of hydrogen-bond acceptors (Lipinski definition) is 7. The van der Waals surface area contributed by atoms with Crippen molar-refractivity contribution in [2.75, 3.05) is 19.7 Å². The molecule has 2 saturated heterocycles. The summed E-state index contributed by atoms with van der Waals surface area (Å²) in [4.78, 5) is 2.56. The molecular formula is C36H40N2O6S. The van der Waals surface area contributed by atoms with Gasteiger partial charge >= 0.3 is 0 Å². The average molecular weight is 629 g/mol. The number of sulfonamides is 1. The molecule has 0 saturated carbocycles. The van der Waals surface area contributed by atoms with Gasteiger partial charge < -0.3 is 19.7 Å². The Morgan fingerprint density at radius 3 is 2.31 bits per heavy atom. The number of aliphatic hydroxyl groups excluding tert-OH is 2. The van der Waals surface area contributed by atoms with E-state index in [2.05, 4.69) is 15.7 Å². The summed E-state index contributed by atoms with van der Waals surface area (Å²) in [7, 11) is -3.62. The Hall–Kier alpha value is -3.41. The Bertz CT molecular complexity index is 1660. The van der Waals surface area contributed by atoms with Gasteiger partial charge in [0.15, 0.2) is 6.29 Å². The molecule has 0 spiro atoms. The fourth-order valence-corrected chi connectivity index (χ4v) is 7.26. The largest absolute Gasteiger partial charge is 0.395 e. The second kappa shape index (κ2) is 14.3. The van der Waals surface area contributed by atoms with Crippen molar-refractivity contribution in [3.8, 4) is 11.1 Å². The minimum absolute atomic E-state index is 0.00936. The van der Waals surface area contributed by atoms with E-state index in [1.807, 2.05) is 66.7 Å². The predicted octanol–water partition coefficient (Wildman–Crippen LogP) is 5.33. The highest BCUT2D eigenvalue weighted by Crippen LogP contribution is 2.39. The van der Waals surface area contributed by atoms with Crippen LogP contribution in [0, 0.1) is 0 Å². The van der Waals surface area contributed by atoms with Gasteiger partial charge in [0.1, 0.15) is 0 Å². The molecule has 4 atom stereocenters. The van der Waals surface area contributed by atoms with Crippen molar-refractivity contribution in [2.45, 2.75) is 61.8 Å². The molecule has 9 heteroatoms. The molecule has 2 aliphatic rings. The summed E-state index contributed by atoms with van der Waals surface area (Å²) in [6, 6.07) is 32.3. The van der Waals surface area contributed by atoms with Gasteiger partial charge in [-0.1, -0.05) is 78.9 Å². The number of aliphatic hydroxyl groups is 2. The van der Waals surface area contributed by atoms with Gasteiger partial charge in [0, 0.05) is 31.1 Å². The monoisotopic (exact) mass is 628 g/mol. The first kappa shape index (κ1) is 31.6. The maximum absolute atomic E-state index is 12.7. The number of hydrogen-bond donors (Lipinski definition) is 3. The first-order valence-electron chi connectivity index (χ1n) is 15.5. The lowest BCUT2D eigenvalue weighted by Crippen LogP contribution is -2.42. The topological polar surface area (TPSA) is 108 Å². The van der Waals surface area contributed by atoms with Gasteiger partial charge in [-0.3, -0.25) is 4.90 Å². The zero-order valence-corrected chi connectivity index (χ0v) is 26.0. The standard InChI is InChI=1S/C36H40N2O6S/c39-24-26-14-16-28(17-15-26)35-21-33(23-38-18-6-11-32(38)25-40)43-36(44-35)31-10-5-9-30(20-31)29-8-4-7-27(19-29)22-37-45(41,42)34-12-2-1-3-13-34/h1-5,7-10,12-17,19-20,32-33,35-37,39-40H,6,11,18,21-25H2/t32-,33+,35-,36-/m0/s1. The third-order valence-corrected chi connectivity index (χ3v) is 10.1. The maximum Gasteiger partial charge on any atom is 0.240 e. The molecule has 8 nitrogen and oxygen atoms in total. The van der Waals surface area contributed by atoms with Crippen molar-refractivity contribution in [3.05, 3.63) is 125 Å². The van der Waals surface area contributed by atoms with Crippen LogP contribution in [0.3, 0.4) is 0 Å². The van der Waals surface area contributed by atoms with Crippen molar-refractivity contribution >= 4 is 10.0 Å². The molecule has 0 bridgehead atoms. The third kappa shape index (κ3) is 7.70. The Labute approximate surface area is 265 Å². The Morgan fingerprint density at radius 1 is 0.800 bits per heavy atom. The molecule has 0 amide bonds. The molecule has 6 rings (SSSR count). The summed E-state index contributed by atoms with van der Waals surface area (Å²) < 4.78 is 41.4. The number of benzene rings is 4. The van der Waals surface area contributed by atoms with Crippen molar-refractivity contribution in [1.29, 1.82) is 0 Å². The first-order chi connectivity index (χ1) is 21.9. The lowest BCUT2D eigenvalue weighted by Gasteiger charge is -2.38. The van der Waals surface area contributed by atoms with Crippen molar-refractivity contribution in [1.82, 2.24) is 9.62 Å². The van der Waals surface area contributed by atoms with E-state index in [0.717, 1.165) is 59.3 Å². The van der Waals surface area contributed by atoms with Crippen LogP contribution in [-0.2, 0) is 32.6 Å². The lowest BCUT2D eigenvalue weighted by molar-refractivity contribution is -0.253. The van der Waals surface area contributed by atoms with E-state index < -0.39 is 16.3 Å². The van der Waals surface area contributed by atoms with E-state index in [1.54, 1.807) is 30.3 Å². The first-order valence-corrected chi connectivity index (χ1v) is 17.0. The Balaban J connectivity index is 1.21. The second-order valence-corrected chi connectivity index (χ2v) is 13.6. The minimum Gasteiger partial charge on any atom is -0.395 e. The van der Waals surface area contributed by atoms with Gasteiger partial charge in [-0.15, -0.1) is 0 Å². The Morgan fingerprint density at radius 2 is 1.56 bits per heavy atom. The van der Waals surface area contributed by atoms with Crippen molar-refractivity contribution in [2.24, 2.45) is 0 Å². The van der Waals surface area contributed by atoms with Crippen LogP contribution >= 0.6 is 0 Å². The van der Waals surface area contributed by atoms with Gasteiger partial charge in [-0.2, -0.15) is 0 Å². The van der Waals surface area contributed by atoms with E-state index in [9.17, 15) is 18.6 Å². The molecule has 0 aliphatic carbocycles. The molecule has 45 heavy (non-hydrogen) atoms. The lowest BCUT2D eigenvalue weighted by atomic mass is 9.98. The van der Waals surface area contributed by atoms with Crippen LogP contribution in [0.5, 0.6) is 0 Å². The van der Waals surface area contributed by atoms with Gasteiger partial charge in [-0.25, -0.2) is 13.1 Å². The van der Waals surface area contributed by atoms with Crippen LogP contribution in [0.25, 0.3) is 11.1 Å². The van der Waals surface area contributed by atoms with E-state index in [1.165, 1.54) is 0 Å². The van der Waals surface area contributed by atoms with E-state index >= 15 is 0 Å². The average Bonchev–Trinajstić information content (AvgIpc) is 3.55. The highest BCUT2D eigenvalue weighted by molar-refractivity contribution is 7.89. The molecule has 236 valence electrons. The fourth-order valence-electron chi connectivity index (χ4n) is 6.22. The van der Waals surface area contributed by atoms with Crippen molar-refractivity contribution < 1.29 is 28.1 Å². The number of rotatable bonds is 11. The third-order valence-electron chi connectivity index (χ3n) is 8.70. The maximum atomic E-state index is 12.7. The number of likely N-dealkylation sites (tertiary alicyclic amines) is 1. The van der Waals surface area contributed by atoms with E-state index in [4.69, 9.17) is 9.47 Å². The van der Waals surface area contributed by atoms with Gasteiger partial charge in [0.05, 0.1) is 30.3 Å². The molecule has 0 aromatic heterocycles. The zero-order valence-electron chi connectivity index (χ0n) is 25.2. The van der Waals surface area contributed by atoms with Crippen molar-refractivity contribution in [3.63, 3.8) is 0 Å². The minimum atomic E-state index is -3.62. The van der Waals surface area contributed by atoms with Crippen LogP contribution in [0.4, 0.5) is 0 Å². The summed E-state index contributed by atoms with van der Waals surface area (Å²) in [5, 5.41) is 19.4. The van der Waals surface area contributed by atoms with Gasteiger partial charge in [0.2, 0.25) is 10.0 Å². The Kier molecular flexibility index (Phi) is 10.1. The number of nitrogens with one attached hydrogen (secondary N) is 1. The highest BCUT2D eigenvalue weighted by atomic mass is 32.2. The smallest absolute Gasteiger partial charge is 0.240 e. The molecule has 2 aliphatic heterocycles. The zero-order chi connectivity index (χ0) is 31.2. The molecule has 4 aromatic carbocycles. The predicted molar refractivity (Wildman–Crippen MR) is 172 cm³/mol. The van der Waals surface area contributed by atoms with E-state index in [-0.39, 0.29) is 42.9 Å². The van der Waals surface area contributed by atoms with Crippen LogP contribution in [0.2, 0.25) is 0 Å². The van der Waals surface area contributed by atoms with Crippen LogP contribution < -0.4 is 4.72 Å². The second-order valence-electron chi connectivity index (χ2n) is 11.8. The molecule has 0 radical (unpaired) electrons. The number of nitrogens with zero attached hydrogens (tertiary/aromatic N) is 1. The molecular weight excluding hydrogens is 588 g/mol. The SMILES string of the molecule is O=S(=O)(NCc1cccc(-c2cccc([C@H]3O[C@@H](CN4CCC[C@H]4CO)C[C@@H](c4ccc(CO)cc4)O3)c2)c1)c1ccccc1. The summed E-state index contributed by atoms with van der Waals surface area (Å²) >= 11 is 0. The summed E-state index contributed by atoms with van der Waals surface area (Å²) in [6.07, 6.45) is 1.86. The fraction of sp³-hybridized carbons (Fsp3) is 0.333. The highest BCUT2D eigenvalue weighted by Gasteiger charge is 2.35. The normalized spacial score (nSPS) is 22.4. The summed E-state index contributed by atoms with van der Waals surface area (Å²) in [5.41, 5.74) is 5.55. The van der Waals surface area contributed by atoms with E-state index in [0.29, 0.717) is 6.42 Å². The summed E-state index contributed by atoms with van der Waals surface area (Å²) in [6.45, 7) is 1.97. The molecule has 2 heterocycles. The van der Waals surface area contributed by atoms with Crippen LogP contribution in [-0.4, -0.2) is 55.4 Å². The van der Waals surface area contributed by atoms with Crippen LogP contribution in [0.1, 0.15) is 53.9 Å². The number of ether oxygens (including phenoxy) is 2. The van der Waals surface area contributed by atoms with Crippen LogP contribution in [0.15, 0.2) is 108 Å². The van der Waals surface area contributed by atoms with Gasteiger partial charge in [0.25, 0.3) is 0 Å². The van der Waals surface area contributed by atoms with Gasteiger partial charge in [-0.05, 0) is 71.5 Å². The molecule has 0 unspecified atom stereocenters. The molecule has 3 N–H and O–H groups in total. The quantitative estimate of drug-likeness (QED) is 0.206.